The van der Waals surface area contributed by atoms with Crippen LogP contribution in [0.25, 0.3) is 0 Å². The SMILES string of the molecule is CC(C)(C)OC(=O)N1CC(c2ccc(CN)cc2)C1. The number of hydrogen-bond donors (Lipinski definition) is 1. The quantitative estimate of drug-likeness (QED) is 0.890. The average molecular weight is 262 g/mol. The molecule has 1 fully saturated rings. The van der Waals surface area contributed by atoms with E-state index in [1.807, 2.05) is 32.9 Å². The zero-order chi connectivity index (χ0) is 14.0. The second-order valence-electron chi connectivity index (χ2n) is 6.03. The molecule has 1 amide bonds. The van der Waals surface area contributed by atoms with Gasteiger partial charge in [0.1, 0.15) is 5.60 Å². The number of hydrogen-bond acceptors (Lipinski definition) is 3. The van der Waals surface area contributed by atoms with Crippen molar-refractivity contribution < 1.29 is 9.53 Å². The Hall–Kier alpha value is -1.55. The van der Waals surface area contributed by atoms with Crippen molar-refractivity contribution in [1.82, 2.24) is 4.90 Å². The molecule has 0 radical (unpaired) electrons. The van der Waals surface area contributed by atoms with Crippen molar-refractivity contribution in [2.45, 2.75) is 38.8 Å². The Balaban J connectivity index is 1.87. The highest BCUT2D eigenvalue weighted by Gasteiger charge is 2.34. The van der Waals surface area contributed by atoms with E-state index in [0.717, 1.165) is 18.7 Å². The normalized spacial score (nSPS) is 16.1. The fourth-order valence-electron chi connectivity index (χ4n) is 2.09. The minimum Gasteiger partial charge on any atom is -0.444 e. The predicted octanol–water partition coefficient (Wildman–Crippen LogP) is 2.48. The number of benzene rings is 1. The number of carbonyl (C=O) groups excluding carboxylic acids is 1. The Morgan fingerprint density at radius 1 is 1.32 bits per heavy atom. The Morgan fingerprint density at radius 2 is 1.89 bits per heavy atom. The zero-order valence-corrected chi connectivity index (χ0v) is 11.8. The van der Waals surface area contributed by atoms with E-state index in [1.165, 1.54) is 5.56 Å². The first-order valence-electron chi connectivity index (χ1n) is 6.66. The molecule has 1 aliphatic heterocycles. The van der Waals surface area contributed by atoms with Crippen molar-refractivity contribution in [3.05, 3.63) is 35.4 Å². The fourth-order valence-corrected chi connectivity index (χ4v) is 2.09. The first kappa shape index (κ1) is 13.9. The number of ether oxygens (including phenoxy) is 1. The Bertz CT molecular complexity index is 442. The van der Waals surface area contributed by atoms with Gasteiger partial charge in [0.25, 0.3) is 0 Å². The van der Waals surface area contributed by atoms with Gasteiger partial charge in [0.15, 0.2) is 0 Å². The first-order valence-corrected chi connectivity index (χ1v) is 6.66. The summed E-state index contributed by atoms with van der Waals surface area (Å²) in [6.07, 6.45) is -0.220. The third kappa shape index (κ3) is 3.47. The van der Waals surface area contributed by atoms with Crippen LogP contribution >= 0.6 is 0 Å². The van der Waals surface area contributed by atoms with Crippen LogP contribution in [-0.2, 0) is 11.3 Å². The lowest BCUT2D eigenvalue weighted by Crippen LogP contribution is -2.50. The Kier molecular flexibility index (Phi) is 3.80. The van der Waals surface area contributed by atoms with Gasteiger partial charge in [-0.2, -0.15) is 0 Å². The van der Waals surface area contributed by atoms with Crippen LogP contribution in [0.4, 0.5) is 4.79 Å². The summed E-state index contributed by atoms with van der Waals surface area (Å²) in [5.74, 6) is 0.416. The van der Waals surface area contributed by atoms with E-state index < -0.39 is 5.60 Å². The minimum atomic E-state index is -0.426. The maximum atomic E-state index is 11.8. The van der Waals surface area contributed by atoms with Crippen LogP contribution in [-0.4, -0.2) is 29.7 Å². The highest BCUT2D eigenvalue weighted by Crippen LogP contribution is 2.28. The van der Waals surface area contributed by atoms with Gasteiger partial charge in [0, 0.05) is 25.6 Å². The standard InChI is InChI=1S/C15H22N2O2/c1-15(2,3)19-14(18)17-9-13(10-17)12-6-4-11(8-16)5-7-12/h4-7,13H,8-10,16H2,1-3H3. The van der Waals surface area contributed by atoms with Gasteiger partial charge in [-0.1, -0.05) is 24.3 Å². The largest absolute Gasteiger partial charge is 0.444 e. The molecule has 1 heterocycles. The van der Waals surface area contributed by atoms with E-state index in [2.05, 4.69) is 12.1 Å². The van der Waals surface area contributed by atoms with Gasteiger partial charge in [-0.05, 0) is 31.9 Å². The molecule has 104 valence electrons. The minimum absolute atomic E-state index is 0.220. The molecule has 0 unspecified atom stereocenters. The maximum absolute atomic E-state index is 11.8. The van der Waals surface area contributed by atoms with Gasteiger partial charge in [0.2, 0.25) is 0 Å². The van der Waals surface area contributed by atoms with Crippen LogP contribution in [0, 0.1) is 0 Å². The molecule has 4 heteroatoms. The van der Waals surface area contributed by atoms with Crippen molar-refractivity contribution in [3.63, 3.8) is 0 Å². The molecular formula is C15H22N2O2. The lowest BCUT2D eigenvalue weighted by molar-refractivity contribution is 0.00819. The third-order valence-electron chi connectivity index (χ3n) is 3.22. The van der Waals surface area contributed by atoms with Crippen LogP contribution in [0.1, 0.15) is 37.8 Å². The molecule has 1 aromatic rings. The highest BCUT2D eigenvalue weighted by molar-refractivity contribution is 5.69. The second-order valence-corrected chi connectivity index (χ2v) is 6.03. The van der Waals surface area contributed by atoms with Gasteiger partial charge in [0.05, 0.1) is 0 Å². The summed E-state index contributed by atoms with van der Waals surface area (Å²) >= 11 is 0. The fraction of sp³-hybridized carbons (Fsp3) is 0.533. The number of nitrogens with two attached hydrogens (primary N) is 1. The van der Waals surface area contributed by atoms with E-state index in [4.69, 9.17) is 10.5 Å². The van der Waals surface area contributed by atoms with Crippen molar-refractivity contribution in [3.8, 4) is 0 Å². The molecule has 0 aliphatic carbocycles. The van der Waals surface area contributed by atoms with Crippen molar-refractivity contribution in [2.24, 2.45) is 5.73 Å². The van der Waals surface area contributed by atoms with Gasteiger partial charge >= 0.3 is 6.09 Å². The Labute approximate surface area is 114 Å². The van der Waals surface area contributed by atoms with E-state index in [9.17, 15) is 4.79 Å². The van der Waals surface area contributed by atoms with E-state index in [-0.39, 0.29) is 6.09 Å². The third-order valence-corrected chi connectivity index (χ3v) is 3.22. The zero-order valence-electron chi connectivity index (χ0n) is 11.8. The number of carbonyl (C=O) groups is 1. The highest BCUT2D eigenvalue weighted by atomic mass is 16.6. The summed E-state index contributed by atoms with van der Waals surface area (Å²) in [5, 5.41) is 0. The lowest BCUT2D eigenvalue weighted by Gasteiger charge is -2.40. The van der Waals surface area contributed by atoms with Crippen molar-refractivity contribution >= 4 is 6.09 Å². The Morgan fingerprint density at radius 3 is 2.37 bits per heavy atom. The van der Waals surface area contributed by atoms with E-state index in [1.54, 1.807) is 4.90 Å². The number of nitrogens with zero attached hydrogens (tertiary/aromatic N) is 1. The van der Waals surface area contributed by atoms with Crippen LogP contribution < -0.4 is 5.73 Å². The molecule has 0 saturated carbocycles. The summed E-state index contributed by atoms with van der Waals surface area (Å²) < 4.78 is 5.33. The number of amides is 1. The maximum Gasteiger partial charge on any atom is 0.410 e. The van der Waals surface area contributed by atoms with Gasteiger partial charge in [-0.15, -0.1) is 0 Å². The molecule has 0 atom stereocenters. The van der Waals surface area contributed by atoms with Gasteiger partial charge < -0.3 is 15.4 Å². The summed E-state index contributed by atoms with van der Waals surface area (Å²) in [4.78, 5) is 13.5. The van der Waals surface area contributed by atoms with Crippen molar-refractivity contribution in [2.75, 3.05) is 13.1 Å². The molecule has 0 bridgehead atoms. The molecule has 0 aromatic heterocycles. The van der Waals surface area contributed by atoms with Crippen molar-refractivity contribution in [1.29, 1.82) is 0 Å². The summed E-state index contributed by atoms with van der Waals surface area (Å²) in [6.45, 7) is 7.68. The summed E-state index contributed by atoms with van der Waals surface area (Å²) in [5.41, 5.74) is 7.54. The molecule has 2 rings (SSSR count). The predicted molar refractivity (Wildman–Crippen MR) is 74.9 cm³/mol. The average Bonchev–Trinajstić information content (AvgIpc) is 2.25. The monoisotopic (exact) mass is 262 g/mol. The number of likely N-dealkylation sites (tertiary alicyclic amines) is 1. The summed E-state index contributed by atoms with van der Waals surface area (Å²) in [6, 6.07) is 8.29. The molecule has 0 spiro atoms. The molecular weight excluding hydrogens is 240 g/mol. The molecule has 2 N–H and O–H groups in total. The topological polar surface area (TPSA) is 55.6 Å². The first-order chi connectivity index (χ1) is 8.89. The van der Waals surface area contributed by atoms with Crippen LogP contribution in [0.5, 0.6) is 0 Å². The van der Waals surface area contributed by atoms with Gasteiger partial charge in [-0.25, -0.2) is 4.79 Å². The molecule has 1 saturated heterocycles. The van der Waals surface area contributed by atoms with E-state index in [0.29, 0.717) is 12.5 Å². The van der Waals surface area contributed by atoms with E-state index >= 15 is 0 Å². The molecule has 4 nitrogen and oxygen atoms in total. The van der Waals surface area contributed by atoms with Crippen LogP contribution in [0.3, 0.4) is 0 Å². The molecule has 1 aliphatic rings. The van der Waals surface area contributed by atoms with Crippen LogP contribution in [0.15, 0.2) is 24.3 Å². The van der Waals surface area contributed by atoms with Gasteiger partial charge in [-0.3, -0.25) is 0 Å². The number of rotatable bonds is 2. The molecule has 19 heavy (non-hydrogen) atoms. The van der Waals surface area contributed by atoms with Crippen LogP contribution in [0.2, 0.25) is 0 Å². The summed E-state index contributed by atoms with van der Waals surface area (Å²) in [7, 11) is 0. The smallest absolute Gasteiger partial charge is 0.410 e. The molecule has 1 aromatic carbocycles. The lowest BCUT2D eigenvalue weighted by atomic mass is 9.91. The second kappa shape index (κ2) is 5.21.